The Bertz CT molecular complexity index is 959. The monoisotopic (exact) mass is 346 g/mol. The highest BCUT2D eigenvalue weighted by Gasteiger charge is 2.26. The van der Waals surface area contributed by atoms with Crippen molar-refractivity contribution in [2.24, 2.45) is 0 Å². The lowest BCUT2D eigenvalue weighted by molar-refractivity contribution is -0.127. The zero-order valence-electron chi connectivity index (χ0n) is 14.9. The second kappa shape index (κ2) is 7.12. The van der Waals surface area contributed by atoms with E-state index in [4.69, 9.17) is 0 Å². The fourth-order valence-electron chi connectivity index (χ4n) is 3.57. The smallest absolute Gasteiger partial charge is 0.246 e. The number of nitrogens with zero attached hydrogens (tertiary/aromatic N) is 4. The molecule has 0 aliphatic carbocycles. The van der Waals surface area contributed by atoms with Crippen molar-refractivity contribution in [2.45, 2.75) is 25.7 Å². The molecule has 1 amide bonds. The first-order valence-electron chi connectivity index (χ1n) is 9.04. The van der Waals surface area contributed by atoms with Crippen molar-refractivity contribution in [3.8, 4) is 0 Å². The number of piperidine rings is 1. The van der Waals surface area contributed by atoms with Crippen molar-refractivity contribution >= 4 is 17.6 Å². The molecule has 4 rings (SSSR count). The number of aryl methyl sites for hydroxylation is 1. The van der Waals surface area contributed by atoms with E-state index >= 15 is 0 Å². The predicted molar refractivity (Wildman–Crippen MR) is 102 cm³/mol. The van der Waals surface area contributed by atoms with Gasteiger partial charge >= 0.3 is 0 Å². The lowest BCUT2D eigenvalue weighted by Crippen LogP contribution is -2.38. The molecule has 3 aromatic rings. The van der Waals surface area contributed by atoms with Crippen LogP contribution in [-0.4, -0.2) is 38.5 Å². The summed E-state index contributed by atoms with van der Waals surface area (Å²) in [6.45, 7) is 3.54. The second-order valence-electron chi connectivity index (χ2n) is 6.80. The summed E-state index contributed by atoms with van der Waals surface area (Å²) in [5.74, 6) is 1.23. The molecular weight excluding hydrogens is 324 g/mol. The minimum Gasteiger partial charge on any atom is -0.338 e. The van der Waals surface area contributed by atoms with Gasteiger partial charge < -0.3 is 4.90 Å². The third kappa shape index (κ3) is 3.25. The summed E-state index contributed by atoms with van der Waals surface area (Å²) in [6, 6.07) is 14.0. The lowest BCUT2D eigenvalue weighted by atomic mass is 9.97. The third-order valence-electron chi connectivity index (χ3n) is 5.03. The number of likely N-dealkylation sites (tertiary alicyclic amines) is 1. The van der Waals surface area contributed by atoms with Gasteiger partial charge in [-0.15, -0.1) is 10.2 Å². The molecule has 3 heterocycles. The number of carbonyl (C=O) groups is 1. The van der Waals surface area contributed by atoms with Crippen molar-refractivity contribution in [1.82, 2.24) is 19.5 Å². The van der Waals surface area contributed by atoms with Crippen LogP contribution in [0.15, 0.2) is 54.7 Å². The van der Waals surface area contributed by atoms with Crippen LogP contribution in [0.2, 0.25) is 0 Å². The number of fused-ring (bicyclic) bond motifs is 1. The highest BCUT2D eigenvalue weighted by molar-refractivity contribution is 5.92. The summed E-state index contributed by atoms with van der Waals surface area (Å²) in [7, 11) is 0. The minimum atomic E-state index is 0.0618. The molecule has 1 fully saturated rings. The van der Waals surface area contributed by atoms with Crippen molar-refractivity contribution in [2.75, 3.05) is 13.1 Å². The summed E-state index contributed by atoms with van der Waals surface area (Å²) in [5.41, 5.74) is 3.10. The van der Waals surface area contributed by atoms with Gasteiger partial charge in [-0.25, -0.2) is 0 Å². The molecular formula is C21H22N4O. The zero-order chi connectivity index (χ0) is 17.9. The Balaban J connectivity index is 1.50. The zero-order valence-corrected chi connectivity index (χ0v) is 14.9. The van der Waals surface area contributed by atoms with E-state index in [1.165, 1.54) is 5.56 Å². The Labute approximate surface area is 153 Å². The van der Waals surface area contributed by atoms with Crippen LogP contribution in [0.25, 0.3) is 11.7 Å². The number of pyridine rings is 1. The first-order chi connectivity index (χ1) is 12.7. The number of hydrogen-bond donors (Lipinski definition) is 0. The van der Waals surface area contributed by atoms with Crippen molar-refractivity contribution in [3.63, 3.8) is 0 Å². The fraction of sp³-hybridized carbons (Fsp3) is 0.286. The van der Waals surface area contributed by atoms with E-state index in [0.29, 0.717) is 6.54 Å². The van der Waals surface area contributed by atoms with Gasteiger partial charge in [0.1, 0.15) is 5.82 Å². The Morgan fingerprint density at radius 2 is 2.00 bits per heavy atom. The number of aromatic nitrogens is 3. The highest BCUT2D eigenvalue weighted by Crippen LogP contribution is 2.26. The number of amides is 1. The number of carbonyl (C=O) groups excluding carboxylic acids is 1. The number of hydrogen-bond acceptors (Lipinski definition) is 3. The van der Waals surface area contributed by atoms with Gasteiger partial charge in [0, 0.05) is 31.3 Å². The minimum absolute atomic E-state index is 0.0618. The molecule has 5 heteroatoms. The molecule has 26 heavy (non-hydrogen) atoms. The molecule has 0 bridgehead atoms. The van der Waals surface area contributed by atoms with E-state index in [9.17, 15) is 4.79 Å². The molecule has 1 saturated heterocycles. The van der Waals surface area contributed by atoms with Gasteiger partial charge in [-0.1, -0.05) is 30.3 Å². The molecule has 1 aliphatic rings. The Morgan fingerprint density at radius 1 is 1.15 bits per heavy atom. The van der Waals surface area contributed by atoms with E-state index < -0.39 is 0 Å². The Morgan fingerprint density at radius 3 is 2.88 bits per heavy atom. The Kier molecular flexibility index (Phi) is 4.52. The van der Waals surface area contributed by atoms with Crippen molar-refractivity contribution in [3.05, 3.63) is 71.7 Å². The normalized spacial score (nSPS) is 17.9. The molecule has 1 aromatic carbocycles. The SMILES string of the molecule is Cc1ccccc1/C=C/C(=O)N1CCCC(c2nnc3ccccn23)C1. The highest BCUT2D eigenvalue weighted by atomic mass is 16.2. The van der Waals surface area contributed by atoms with Crippen LogP contribution < -0.4 is 0 Å². The fourth-order valence-corrected chi connectivity index (χ4v) is 3.57. The average Bonchev–Trinajstić information content (AvgIpc) is 3.11. The summed E-state index contributed by atoms with van der Waals surface area (Å²) in [4.78, 5) is 14.6. The lowest BCUT2D eigenvalue weighted by Gasteiger charge is -2.31. The second-order valence-corrected chi connectivity index (χ2v) is 6.80. The largest absolute Gasteiger partial charge is 0.338 e. The Hall–Kier alpha value is -2.95. The molecule has 1 unspecified atom stereocenters. The molecule has 5 nitrogen and oxygen atoms in total. The molecule has 0 spiro atoms. The molecule has 0 saturated carbocycles. The summed E-state index contributed by atoms with van der Waals surface area (Å²) >= 11 is 0. The average molecular weight is 346 g/mol. The molecule has 1 aliphatic heterocycles. The quantitative estimate of drug-likeness (QED) is 0.683. The first kappa shape index (κ1) is 16.5. The van der Waals surface area contributed by atoms with Gasteiger partial charge in [-0.3, -0.25) is 9.20 Å². The van der Waals surface area contributed by atoms with Crippen LogP contribution in [0.4, 0.5) is 0 Å². The van der Waals surface area contributed by atoms with Gasteiger partial charge in [0.25, 0.3) is 0 Å². The third-order valence-corrected chi connectivity index (χ3v) is 5.03. The molecule has 0 radical (unpaired) electrons. The van der Waals surface area contributed by atoms with Gasteiger partial charge in [-0.05, 0) is 49.1 Å². The van der Waals surface area contributed by atoms with Gasteiger partial charge in [0.2, 0.25) is 5.91 Å². The van der Waals surface area contributed by atoms with Crippen LogP contribution in [-0.2, 0) is 4.79 Å². The van der Waals surface area contributed by atoms with Crippen LogP contribution in [0.1, 0.15) is 35.7 Å². The topological polar surface area (TPSA) is 50.5 Å². The van der Waals surface area contributed by atoms with Gasteiger partial charge in [0.15, 0.2) is 5.65 Å². The molecule has 2 aromatic heterocycles. The van der Waals surface area contributed by atoms with Crippen molar-refractivity contribution < 1.29 is 4.79 Å². The van der Waals surface area contributed by atoms with E-state index in [1.807, 2.05) is 58.0 Å². The molecule has 1 atom stereocenters. The van der Waals surface area contributed by atoms with E-state index in [1.54, 1.807) is 6.08 Å². The maximum Gasteiger partial charge on any atom is 0.246 e. The van der Waals surface area contributed by atoms with Crippen LogP contribution in [0, 0.1) is 6.92 Å². The van der Waals surface area contributed by atoms with E-state index in [-0.39, 0.29) is 11.8 Å². The maximum atomic E-state index is 12.7. The summed E-state index contributed by atoms with van der Waals surface area (Å²) in [5, 5.41) is 8.62. The summed E-state index contributed by atoms with van der Waals surface area (Å²) in [6.07, 6.45) is 7.60. The predicted octanol–water partition coefficient (Wildman–Crippen LogP) is 3.46. The first-order valence-corrected chi connectivity index (χ1v) is 9.04. The van der Waals surface area contributed by atoms with Gasteiger partial charge in [-0.2, -0.15) is 0 Å². The van der Waals surface area contributed by atoms with Crippen LogP contribution >= 0.6 is 0 Å². The standard InChI is InChI=1S/C21H22N4O/c1-16-7-2-3-8-17(16)11-12-20(26)24-13-6-9-18(15-24)21-23-22-19-10-4-5-14-25(19)21/h2-5,7-8,10-12,14,18H,6,9,13,15H2,1H3/b12-11+. The summed E-state index contributed by atoms with van der Waals surface area (Å²) < 4.78 is 2.03. The van der Waals surface area contributed by atoms with Crippen LogP contribution in [0.3, 0.4) is 0 Å². The van der Waals surface area contributed by atoms with E-state index in [0.717, 1.165) is 36.4 Å². The molecule has 0 N–H and O–H groups in total. The van der Waals surface area contributed by atoms with Crippen molar-refractivity contribution in [1.29, 1.82) is 0 Å². The number of rotatable bonds is 3. The van der Waals surface area contributed by atoms with Gasteiger partial charge in [0.05, 0.1) is 0 Å². The van der Waals surface area contributed by atoms with Crippen LogP contribution in [0.5, 0.6) is 0 Å². The molecule has 132 valence electrons. The maximum absolute atomic E-state index is 12.7. The number of benzene rings is 1. The van der Waals surface area contributed by atoms with E-state index in [2.05, 4.69) is 23.2 Å².